The predicted molar refractivity (Wildman–Crippen MR) is 127 cm³/mol. The van der Waals surface area contributed by atoms with E-state index in [1.165, 1.54) is 12.1 Å². The Kier molecular flexibility index (Phi) is 6.55. The normalized spacial score (nSPS) is 11.1. The van der Waals surface area contributed by atoms with Crippen molar-refractivity contribution in [2.24, 2.45) is 0 Å². The van der Waals surface area contributed by atoms with Crippen LogP contribution in [0.4, 0.5) is 5.69 Å². The number of aromatic nitrogens is 2. The highest BCUT2D eigenvalue weighted by Crippen LogP contribution is 2.25. The summed E-state index contributed by atoms with van der Waals surface area (Å²) in [6.07, 6.45) is 2.60. The van der Waals surface area contributed by atoms with Crippen molar-refractivity contribution in [2.75, 3.05) is 18.2 Å². The van der Waals surface area contributed by atoms with Gasteiger partial charge in [0.1, 0.15) is 11.3 Å². The van der Waals surface area contributed by atoms with Gasteiger partial charge in [0.25, 0.3) is 5.91 Å². The second kappa shape index (κ2) is 9.72. The Hall–Kier alpha value is -4.24. The monoisotopic (exact) mass is 475 g/mol. The van der Waals surface area contributed by atoms with Crippen LogP contribution in [0.3, 0.4) is 0 Å². The largest absolute Gasteiger partial charge is 0.452 e. The molecule has 1 N–H and O–H groups in total. The van der Waals surface area contributed by atoms with Crippen LogP contribution in [-0.2, 0) is 19.4 Å². The summed E-state index contributed by atoms with van der Waals surface area (Å²) in [7, 11) is -3.55. The van der Waals surface area contributed by atoms with E-state index in [4.69, 9.17) is 4.74 Å². The van der Waals surface area contributed by atoms with Crippen LogP contribution in [-0.4, -0.2) is 42.9 Å². The van der Waals surface area contributed by atoms with Crippen LogP contribution < -0.4 is 5.32 Å². The molecule has 1 heterocycles. The number of carbonyl (C=O) groups is 2. The predicted octanol–water partition coefficient (Wildman–Crippen LogP) is 3.74. The zero-order chi connectivity index (χ0) is 24.1. The molecule has 0 aliphatic heterocycles. The minimum absolute atomic E-state index is 0.0230. The van der Waals surface area contributed by atoms with E-state index in [-0.39, 0.29) is 16.1 Å². The van der Waals surface area contributed by atoms with E-state index >= 15 is 0 Å². The molecule has 0 saturated carbocycles. The number of hydrogen-bond donors (Lipinski definition) is 1. The third-order valence-corrected chi connectivity index (χ3v) is 6.05. The molecule has 9 heteroatoms. The van der Waals surface area contributed by atoms with Crippen LogP contribution in [0.1, 0.15) is 10.4 Å². The summed E-state index contributed by atoms with van der Waals surface area (Å²) in [6, 6.07) is 24.5. The Balaban J connectivity index is 1.54. The van der Waals surface area contributed by atoms with Crippen molar-refractivity contribution in [3.8, 4) is 16.9 Å². The maximum absolute atomic E-state index is 12.9. The number of amides is 1. The lowest BCUT2D eigenvalue weighted by atomic mass is 10.1. The molecule has 3 aromatic carbocycles. The van der Waals surface area contributed by atoms with Crippen molar-refractivity contribution >= 4 is 27.4 Å². The van der Waals surface area contributed by atoms with Crippen LogP contribution >= 0.6 is 0 Å². The molecule has 172 valence electrons. The first kappa shape index (κ1) is 22.9. The molecular weight excluding hydrogens is 454 g/mol. The molecule has 8 nitrogen and oxygen atoms in total. The van der Waals surface area contributed by atoms with Crippen LogP contribution in [0.15, 0.2) is 96.0 Å². The number of esters is 1. The summed E-state index contributed by atoms with van der Waals surface area (Å²) in [5.41, 5.74) is 2.20. The van der Waals surface area contributed by atoms with Gasteiger partial charge in [-0.15, -0.1) is 0 Å². The fourth-order valence-electron chi connectivity index (χ4n) is 3.33. The molecule has 4 rings (SSSR count). The first-order valence-corrected chi connectivity index (χ1v) is 12.2. The van der Waals surface area contributed by atoms with Crippen molar-refractivity contribution < 1.29 is 22.7 Å². The minimum Gasteiger partial charge on any atom is -0.452 e. The highest BCUT2D eigenvalue weighted by Gasteiger charge is 2.21. The van der Waals surface area contributed by atoms with Gasteiger partial charge in [-0.3, -0.25) is 4.79 Å². The van der Waals surface area contributed by atoms with E-state index in [1.54, 1.807) is 23.0 Å². The first-order chi connectivity index (χ1) is 16.3. The molecule has 0 aliphatic rings. The minimum atomic E-state index is -3.55. The van der Waals surface area contributed by atoms with Crippen molar-refractivity contribution in [1.82, 2.24) is 9.78 Å². The number of benzene rings is 3. The molecule has 0 unspecified atom stereocenters. The summed E-state index contributed by atoms with van der Waals surface area (Å²) in [6.45, 7) is -0.596. The van der Waals surface area contributed by atoms with E-state index in [2.05, 4.69) is 10.4 Å². The smallest absolute Gasteiger partial charge is 0.342 e. The molecule has 34 heavy (non-hydrogen) atoms. The van der Waals surface area contributed by atoms with Gasteiger partial charge >= 0.3 is 5.97 Å². The SMILES string of the molecule is CS(=O)(=O)c1ccccc1NC(=O)COC(=O)c1cn(-c2ccccc2)nc1-c1ccccc1. The van der Waals surface area contributed by atoms with Crippen LogP contribution in [0, 0.1) is 0 Å². The Labute approximate surface area is 196 Å². The number of para-hydroxylation sites is 2. The summed E-state index contributed by atoms with van der Waals surface area (Å²) in [5, 5.41) is 7.04. The van der Waals surface area contributed by atoms with E-state index < -0.39 is 28.3 Å². The van der Waals surface area contributed by atoms with Gasteiger partial charge in [0.15, 0.2) is 16.4 Å². The number of anilines is 1. The number of sulfone groups is 1. The summed E-state index contributed by atoms with van der Waals surface area (Å²) in [4.78, 5) is 25.3. The second-order valence-electron chi connectivity index (χ2n) is 7.43. The van der Waals surface area contributed by atoms with Crippen molar-refractivity contribution in [1.29, 1.82) is 0 Å². The molecule has 0 aliphatic carbocycles. The Morgan fingerprint density at radius 2 is 1.53 bits per heavy atom. The maximum Gasteiger partial charge on any atom is 0.342 e. The molecule has 0 atom stereocenters. The highest BCUT2D eigenvalue weighted by molar-refractivity contribution is 7.90. The summed E-state index contributed by atoms with van der Waals surface area (Å²) in [5.74, 6) is -1.39. The second-order valence-corrected chi connectivity index (χ2v) is 9.41. The molecule has 1 aromatic heterocycles. The van der Waals surface area contributed by atoms with Crippen molar-refractivity contribution in [2.45, 2.75) is 4.90 Å². The average molecular weight is 476 g/mol. The number of ether oxygens (including phenoxy) is 1. The third kappa shape index (κ3) is 5.21. The molecule has 0 fully saturated rings. The van der Waals surface area contributed by atoms with Crippen molar-refractivity contribution in [3.05, 3.63) is 96.7 Å². The Morgan fingerprint density at radius 3 is 2.21 bits per heavy atom. The van der Waals surface area contributed by atoms with Gasteiger partial charge in [-0.2, -0.15) is 5.10 Å². The molecule has 0 spiro atoms. The third-order valence-electron chi connectivity index (χ3n) is 4.90. The number of hydrogen-bond acceptors (Lipinski definition) is 6. The van der Waals surface area contributed by atoms with E-state index in [0.29, 0.717) is 5.69 Å². The molecule has 0 saturated heterocycles. The van der Waals surface area contributed by atoms with Crippen LogP contribution in [0.5, 0.6) is 0 Å². The Bertz CT molecular complexity index is 1430. The lowest BCUT2D eigenvalue weighted by molar-refractivity contribution is -0.119. The van der Waals surface area contributed by atoms with E-state index in [1.807, 2.05) is 60.7 Å². The van der Waals surface area contributed by atoms with Crippen molar-refractivity contribution in [3.63, 3.8) is 0 Å². The van der Waals surface area contributed by atoms with E-state index in [0.717, 1.165) is 17.5 Å². The summed E-state index contributed by atoms with van der Waals surface area (Å²) < 4.78 is 30.7. The number of carbonyl (C=O) groups excluding carboxylic acids is 2. The standard InChI is InChI=1S/C25H21N3O5S/c1-34(31,32)22-15-9-8-14-21(22)26-23(29)17-33-25(30)20-16-28(19-12-6-3-7-13-19)27-24(20)18-10-4-2-5-11-18/h2-16H,17H2,1H3,(H,26,29). The maximum atomic E-state index is 12.9. The van der Waals surface area contributed by atoms with Crippen LogP contribution in [0.25, 0.3) is 16.9 Å². The molecular formula is C25H21N3O5S. The highest BCUT2D eigenvalue weighted by atomic mass is 32.2. The van der Waals surface area contributed by atoms with Crippen LogP contribution in [0.2, 0.25) is 0 Å². The lowest BCUT2D eigenvalue weighted by Gasteiger charge is -2.10. The first-order valence-electron chi connectivity index (χ1n) is 10.3. The zero-order valence-corrected chi connectivity index (χ0v) is 19.0. The summed E-state index contributed by atoms with van der Waals surface area (Å²) >= 11 is 0. The number of nitrogens with one attached hydrogen (secondary N) is 1. The lowest BCUT2D eigenvalue weighted by Crippen LogP contribution is -2.22. The van der Waals surface area contributed by atoms with Gasteiger partial charge in [-0.1, -0.05) is 60.7 Å². The number of nitrogens with zero attached hydrogens (tertiary/aromatic N) is 2. The van der Waals surface area contributed by atoms with E-state index in [9.17, 15) is 18.0 Å². The van der Waals surface area contributed by atoms with Gasteiger partial charge in [0, 0.05) is 18.0 Å². The average Bonchev–Trinajstić information content (AvgIpc) is 3.29. The van der Waals surface area contributed by atoms with Gasteiger partial charge in [-0.25, -0.2) is 17.9 Å². The quantitative estimate of drug-likeness (QED) is 0.408. The molecule has 4 aromatic rings. The molecule has 0 bridgehead atoms. The molecule has 1 amide bonds. The molecule has 0 radical (unpaired) electrons. The topological polar surface area (TPSA) is 107 Å². The fraction of sp³-hybridized carbons (Fsp3) is 0.0800. The van der Waals surface area contributed by atoms with Gasteiger partial charge in [0.2, 0.25) is 0 Å². The van der Waals surface area contributed by atoms with Gasteiger partial charge < -0.3 is 10.1 Å². The number of rotatable bonds is 7. The van der Waals surface area contributed by atoms with Gasteiger partial charge in [-0.05, 0) is 24.3 Å². The zero-order valence-electron chi connectivity index (χ0n) is 18.2. The fourth-order valence-corrected chi connectivity index (χ4v) is 4.18. The van der Waals surface area contributed by atoms with Gasteiger partial charge in [0.05, 0.1) is 16.3 Å². The Morgan fingerprint density at radius 1 is 0.912 bits per heavy atom.